The fourth-order valence-electron chi connectivity index (χ4n) is 6.02. The molecule has 0 aliphatic heterocycles. The van der Waals surface area contributed by atoms with Gasteiger partial charge in [0.1, 0.15) is 6.61 Å². The normalized spacial score (nSPS) is 12.0. The van der Waals surface area contributed by atoms with Crippen molar-refractivity contribution in [2.75, 3.05) is 53.7 Å². The van der Waals surface area contributed by atoms with Gasteiger partial charge in [0.25, 0.3) is 0 Å². The van der Waals surface area contributed by atoms with Crippen LogP contribution in [0, 0.1) is 0 Å². The minimum atomic E-state index is -0.390. The van der Waals surface area contributed by atoms with E-state index in [1.54, 1.807) is 0 Å². The number of ether oxygens (including phenoxy) is 3. The highest BCUT2D eigenvalue weighted by atomic mass is 16.6. The van der Waals surface area contributed by atoms with E-state index < -0.39 is 6.09 Å². The molecule has 0 aliphatic carbocycles. The van der Waals surface area contributed by atoms with Crippen molar-refractivity contribution in [2.45, 2.75) is 200 Å². The van der Waals surface area contributed by atoms with Crippen molar-refractivity contribution < 1.29 is 19.0 Å². The molecule has 0 bridgehead atoms. The monoisotopic (exact) mass is 707 g/mol. The maximum atomic E-state index is 12.3. The molecule has 1 amide bonds. The number of likely N-dealkylation sites (N-methyl/N-ethyl adjacent to an activating group) is 1. The Bertz CT molecular complexity index is 681. The van der Waals surface area contributed by atoms with Crippen LogP contribution in [0.15, 0.2) is 24.3 Å². The van der Waals surface area contributed by atoms with E-state index in [1.807, 2.05) is 19.0 Å². The van der Waals surface area contributed by atoms with Crippen LogP contribution in [0.2, 0.25) is 0 Å². The largest absolute Gasteiger partial charge is 0.448 e. The molecule has 0 aliphatic rings. The van der Waals surface area contributed by atoms with Crippen LogP contribution in [0.3, 0.4) is 0 Å². The molecular weight excluding hydrogens is 620 g/mol. The van der Waals surface area contributed by atoms with Crippen LogP contribution >= 0.6 is 0 Å². The van der Waals surface area contributed by atoms with Crippen molar-refractivity contribution in [2.24, 2.45) is 0 Å². The number of carbonyl (C=O) groups is 1. The first-order chi connectivity index (χ1) is 24.6. The fourth-order valence-corrected chi connectivity index (χ4v) is 6.02. The number of carbonyl (C=O) groups excluding carboxylic acids is 1. The third kappa shape index (κ3) is 41.1. The van der Waals surface area contributed by atoms with E-state index in [2.05, 4.69) is 43.5 Å². The SMILES string of the molecule is CCCCCCCC/C=C\CCCCCCCCOCC(COCCCCCCCC/C=C\CCCCCCCC)NC(=O)OCCN(C)C. The maximum absolute atomic E-state index is 12.3. The predicted molar refractivity (Wildman–Crippen MR) is 217 cm³/mol. The van der Waals surface area contributed by atoms with Crippen molar-refractivity contribution >= 4 is 6.09 Å². The highest BCUT2D eigenvalue weighted by molar-refractivity contribution is 5.67. The van der Waals surface area contributed by atoms with Crippen molar-refractivity contribution in [3.05, 3.63) is 24.3 Å². The molecule has 0 spiro atoms. The number of nitrogens with zero attached hydrogens (tertiary/aromatic N) is 1. The van der Waals surface area contributed by atoms with Crippen LogP contribution in [-0.2, 0) is 14.2 Å². The minimum absolute atomic E-state index is 0.190. The zero-order valence-electron chi connectivity index (χ0n) is 34.0. The first-order valence-corrected chi connectivity index (χ1v) is 21.6. The van der Waals surface area contributed by atoms with Crippen LogP contribution in [0.4, 0.5) is 4.79 Å². The van der Waals surface area contributed by atoms with Gasteiger partial charge in [0.05, 0.1) is 19.3 Å². The summed E-state index contributed by atoms with van der Waals surface area (Å²) in [6, 6.07) is -0.190. The molecule has 0 fully saturated rings. The van der Waals surface area contributed by atoms with Gasteiger partial charge < -0.3 is 24.4 Å². The van der Waals surface area contributed by atoms with Gasteiger partial charge in [-0.15, -0.1) is 0 Å². The summed E-state index contributed by atoms with van der Waals surface area (Å²) in [5.41, 5.74) is 0. The number of alkyl carbamates (subject to hydrolysis) is 1. The first kappa shape index (κ1) is 48.6. The Kier molecular flexibility index (Phi) is 40.9. The molecule has 50 heavy (non-hydrogen) atoms. The molecule has 0 aromatic heterocycles. The lowest BCUT2D eigenvalue weighted by Gasteiger charge is -2.19. The molecule has 1 N–H and O–H groups in total. The lowest BCUT2D eigenvalue weighted by atomic mass is 10.1. The third-order valence-corrected chi connectivity index (χ3v) is 9.33. The molecule has 0 heterocycles. The summed E-state index contributed by atoms with van der Waals surface area (Å²) in [5, 5.41) is 2.96. The lowest BCUT2D eigenvalue weighted by Crippen LogP contribution is -2.42. The number of rotatable bonds is 40. The quantitative estimate of drug-likeness (QED) is 0.0508. The highest BCUT2D eigenvalue weighted by Gasteiger charge is 2.14. The second-order valence-corrected chi connectivity index (χ2v) is 14.8. The minimum Gasteiger partial charge on any atom is -0.448 e. The van der Waals surface area contributed by atoms with Gasteiger partial charge in [-0.3, -0.25) is 0 Å². The molecule has 0 atom stereocenters. The van der Waals surface area contributed by atoms with Crippen molar-refractivity contribution in [1.29, 1.82) is 0 Å². The second-order valence-electron chi connectivity index (χ2n) is 14.8. The summed E-state index contributed by atoms with van der Waals surface area (Å²) < 4.78 is 17.3. The molecule has 0 radical (unpaired) electrons. The van der Waals surface area contributed by atoms with Gasteiger partial charge in [-0.1, -0.05) is 154 Å². The Balaban J connectivity index is 3.89. The van der Waals surface area contributed by atoms with Crippen LogP contribution in [0.5, 0.6) is 0 Å². The second kappa shape index (κ2) is 42.0. The van der Waals surface area contributed by atoms with Crippen LogP contribution < -0.4 is 5.32 Å². The van der Waals surface area contributed by atoms with Gasteiger partial charge in [0.15, 0.2) is 0 Å². The summed E-state index contributed by atoms with van der Waals surface area (Å²) in [4.78, 5) is 14.3. The predicted octanol–water partition coefficient (Wildman–Crippen LogP) is 12.8. The summed E-state index contributed by atoms with van der Waals surface area (Å²) >= 11 is 0. The summed E-state index contributed by atoms with van der Waals surface area (Å²) in [6.07, 6.45) is 45.6. The number of nitrogens with one attached hydrogen (secondary N) is 1. The van der Waals surface area contributed by atoms with Crippen LogP contribution in [0.1, 0.15) is 194 Å². The Morgan fingerprint density at radius 1 is 0.500 bits per heavy atom. The van der Waals surface area contributed by atoms with E-state index in [4.69, 9.17) is 14.2 Å². The molecule has 0 saturated carbocycles. The summed E-state index contributed by atoms with van der Waals surface area (Å²) in [7, 11) is 3.94. The van der Waals surface area contributed by atoms with Crippen LogP contribution in [-0.4, -0.2) is 70.7 Å². The van der Waals surface area contributed by atoms with Crippen molar-refractivity contribution in [3.8, 4) is 0 Å². The molecular formula is C44H86N2O4. The van der Waals surface area contributed by atoms with E-state index in [9.17, 15) is 4.79 Å². The Morgan fingerprint density at radius 3 is 1.20 bits per heavy atom. The number of allylic oxidation sites excluding steroid dienone is 4. The smallest absolute Gasteiger partial charge is 0.407 e. The molecule has 0 aromatic rings. The molecule has 296 valence electrons. The van der Waals surface area contributed by atoms with Gasteiger partial charge in [0.2, 0.25) is 0 Å². The van der Waals surface area contributed by atoms with Crippen molar-refractivity contribution in [3.63, 3.8) is 0 Å². The Hall–Kier alpha value is -1.37. The number of hydrogen-bond donors (Lipinski definition) is 1. The molecule has 0 saturated heterocycles. The average molecular weight is 707 g/mol. The maximum Gasteiger partial charge on any atom is 0.407 e. The summed E-state index contributed by atoms with van der Waals surface area (Å²) in [6.45, 7) is 8.01. The molecule has 0 unspecified atom stereocenters. The number of unbranched alkanes of at least 4 members (excludes halogenated alkanes) is 24. The average Bonchev–Trinajstić information content (AvgIpc) is 3.10. The zero-order chi connectivity index (χ0) is 36.4. The highest BCUT2D eigenvalue weighted by Crippen LogP contribution is 2.12. The molecule has 0 aromatic carbocycles. The van der Waals surface area contributed by atoms with E-state index >= 15 is 0 Å². The van der Waals surface area contributed by atoms with Gasteiger partial charge in [-0.25, -0.2) is 4.79 Å². The van der Waals surface area contributed by atoms with Gasteiger partial charge in [-0.05, 0) is 78.3 Å². The van der Waals surface area contributed by atoms with Gasteiger partial charge in [-0.2, -0.15) is 0 Å². The third-order valence-electron chi connectivity index (χ3n) is 9.33. The Morgan fingerprint density at radius 2 is 0.840 bits per heavy atom. The summed E-state index contributed by atoms with van der Waals surface area (Å²) in [5.74, 6) is 0. The van der Waals surface area contributed by atoms with E-state index in [1.165, 1.54) is 167 Å². The lowest BCUT2D eigenvalue weighted by molar-refractivity contribution is 0.0487. The number of hydrogen-bond acceptors (Lipinski definition) is 5. The Labute approximate surface area is 312 Å². The van der Waals surface area contributed by atoms with Crippen molar-refractivity contribution in [1.82, 2.24) is 10.2 Å². The number of amides is 1. The fraction of sp³-hybridized carbons (Fsp3) is 0.886. The van der Waals surface area contributed by atoms with Gasteiger partial charge >= 0.3 is 6.09 Å². The van der Waals surface area contributed by atoms with E-state index in [0.29, 0.717) is 26.4 Å². The standard InChI is InChI=1S/C44H86N2O4/c1-5-7-9-11-13-15-17-19-21-23-25-27-29-31-33-35-38-48-41-43(45-44(47)50-40-37-46(3)4)42-49-39-36-34-32-30-28-26-24-22-20-18-16-14-12-10-8-6-2/h19-22,43H,5-18,23-42H2,1-4H3,(H,45,47)/b21-19-,22-20-. The molecule has 6 heteroatoms. The topological polar surface area (TPSA) is 60.0 Å². The molecule has 6 nitrogen and oxygen atoms in total. The van der Waals surface area contributed by atoms with E-state index in [-0.39, 0.29) is 6.04 Å². The molecule has 0 rings (SSSR count). The van der Waals surface area contributed by atoms with Crippen LogP contribution in [0.25, 0.3) is 0 Å². The zero-order valence-corrected chi connectivity index (χ0v) is 34.0. The van der Waals surface area contributed by atoms with Gasteiger partial charge in [0, 0.05) is 19.8 Å². The van der Waals surface area contributed by atoms with E-state index in [0.717, 1.165) is 26.1 Å². The first-order valence-electron chi connectivity index (χ1n) is 21.6.